The van der Waals surface area contributed by atoms with Gasteiger partial charge in [0.1, 0.15) is 5.76 Å². The Morgan fingerprint density at radius 1 is 1.12 bits per heavy atom. The van der Waals surface area contributed by atoms with E-state index in [1.165, 1.54) is 0 Å². The molecule has 11 nitrogen and oxygen atoms in total. The van der Waals surface area contributed by atoms with Gasteiger partial charge in [-0.2, -0.15) is 0 Å². The van der Waals surface area contributed by atoms with Crippen molar-refractivity contribution in [2.75, 3.05) is 34.4 Å². The van der Waals surface area contributed by atoms with E-state index in [1.54, 1.807) is 30.3 Å². The van der Waals surface area contributed by atoms with Crippen LogP contribution in [0.3, 0.4) is 0 Å². The molecule has 2 aromatic heterocycles. The number of hydrogen-bond donors (Lipinski definition) is 6. The highest BCUT2D eigenvalue weighted by Crippen LogP contribution is 2.36. The first-order valence-corrected chi connectivity index (χ1v) is 13.4. The molecule has 5 rings (SSSR count). The Labute approximate surface area is 244 Å². The smallest absolute Gasteiger partial charge is 0.324 e. The lowest BCUT2D eigenvalue weighted by Crippen LogP contribution is -2.37. The maximum absolute atomic E-state index is 12.9. The Balaban J connectivity index is 0.00000387. The van der Waals surface area contributed by atoms with Crippen LogP contribution in [0.4, 0.5) is 27.7 Å². The minimum Gasteiger partial charge on any atom is -0.359 e. The average Bonchev–Trinajstić information content (AvgIpc) is 3.57. The first kappa shape index (κ1) is 29.9. The summed E-state index contributed by atoms with van der Waals surface area (Å²) in [5.74, 6) is 0.663. The van der Waals surface area contributed by atoms with Crippen molar-refractivity contribution in [1.82, 2.24) is 15.5 Å². The van der Waals surface area contributed by atoms with E-state index < -0.39 is 6.03 Å². The van der Waals surface area contributed by atoms with Gasteiger partial charge in [-0.25, -0.2) is 4.79 Å². The standard InChI is InChI=1S/C29H35N7O4.ClH/c1-15-21(31-16(2)25(15)35-26(37)17-7-6-10-30-14-17)12-20-19-9-8-18(11-22(19)33-27(20)38)32-28(39)34-24-13-23(40-36-24)29(3,4)5;/h8-9,11-13,17,30-31H,6-7,10,14H2,1-5H3,(H,33,38)(H,35,37)(H2,32,34,36,39);1H/b20-12-;. The van der Waals surface area contributed by atoms with E-state index in [9.17, 15) is 14.4 Å². The Bertz CT molecular complexity index is 1510. The van der Waals surface area contributed by atoms with E-state index in [1.807, 2.05) is 34.6 Å². The number of urea groups is 1. The lowest BCUT2D eigenvalue weighted by molar-refractivity contribution is -0.120. The number of piperidine rings is 1. The van der Waals surface area contributed by atoms with Crippen LogP contribution in [0, 0.1) is 19.8 Å². The number of nitrogens with zero attached hydrogens (tertiary/aromatic N) is 1. The average molecular weight is 582 g/mol. The number of fused-ring (bicyclic) bond motifs is 1. The summed E-state index contributed by atoms with van der Waals surface area (Å²) in [5.41, 5.74) is 5.25. The summed E-state index contributed by atoms with van der Waals surface area (Å²) in [6.07, 6.45) is 3.64. The molecule has 12 heteroatoms. The fourth-order valence-corrected chi connectivity index (χ4v) is 4.93. The van der Waals surface area contributed by atoms with Crippen LogP contribution < -0.4 is 26.6 Å². The van der Waals surface area contributed by atoms with Gasteiger partial charge in [-0.05, 0) is 57.0 Å². The number of H-pyrrole nitrogens is 1. The molecule has 4 amide bonds. The number of benzene rings is 1. The fraction of sp³-hybridized carbons (Fsp3) is 0.379. The van der Waals surface area contributed by atoms with Crippen LogP contribution in [-0.4, -0.2) is 41.1 Å². The molecule has 218 valence electrons. The summed E-state index contributed by atoms with van der Waals surface area (Å²) in [7, 11) is 0. The van der Waals surface area contributed by atoms with Crippen molar-refractivity contribution in [2.24, 2.45) is 5.92 Å². The van der Waals surface area contributed by atoms with Crippen LogP contribution in [0.1, 0.15) is 61.9 Å². The third-order valence-electron chi connectivity index (χ3n) is 7.23. The predicted octanol–water partition coefficient (Wildman–Crippen LogP) is 5.41. The van der Waals surface area contributed by atoms with Crippen molar-refractivity contribution in [3.63, 3.8) is 0 Å². The van der Waals surface area contributed by atoms with Gasteiger partial charge in [-0.1, -0.05) is 32.0 Å². The number of aromatic amines is 1. The third-order valence-corrected chi connectivity index (χ3v) is 7.23. The topological polar surface area (TPSA) is 153 Å². The van der Waals surface area contributed by atoms with Gasteiger partial charge in [0.05, 0.1) is 22.9 Å². The quantitative estimate of drug-likeness (QED) is 0.221. The molecule has 3 aromatic rings. The van der Waals surface area contributed by atoms with Gasteiger partial charge in [0.2, 0.25) is 5.91 Å². The minimum atomic E-state index is -0.482. The minimum absolute atomic E-state index is 0. The second-order valence-electron chi connectivity index (χ2n) is 11.4. The van der Waals surface area contributed by atoms with Crippen molar-refractivity contribution >= 4 is 64.8 Å². The first-order valence-electron chi connectivity index (χ1n) is 13.4. The number of nitrogens with one attached hydrogen (secondary N) is 6. The summed E-state index contributed by atoms with van der Waals surface area (Å²) in [6.45, 7) is 11.4. The van der Waals surface area contributed by atoms with Crippen molar-refractivity contribution < 1.29 is 18.9 Å². The second-order valence-corrected chi connectivity index (χ2v) is 11.4. The lowest BCUT2D eigenvalue weighted by atomic mass is 9.93. The van der Waals surface area contributed by atoms with Crippen LogP contribution in [0.15, 0.2) is 28.8 Å². The molecule has 0 bridgehead atoms. The summed E-state index contributed by atoms with van der Waals surface area (Å²) >= 11 is 0. The SMILES string of the molecule is Cc1[nH]c(/C=C2\C(=O)Nc3cc(NC(=O)Nc4cc(C(C)(C)C)on4)ccc32)c(C)c1NC(=O)C1CCCNC1.Cl. The number of rotatable bonds is 5. The molecule has 41 heavy (non-hydrogen) atoms. The molecule has 2 aliphatic heterocycles. The van der Waals surface area contributed by atoms with Crippen LogP contribution in [-0.2, 0) is 15.0 Å². The molecule has 2 aliphatic rings. The van der Waals surface area contributed by atoms with E-state index in [0.717, 1.165) is 42.0 Å². The van der Waals surface area contributed by atoms with Crippen LogP contribution >= 0.6 is 12.4 Å². The zero-order valence-corrected chi connectivity index (χ0v) is 24.6. The highest BCUT2D eigenvalue weighted by Gasteiger charge is 2.27. The zero-order chi connectivity index (χ0) is 28.6. The van der Waals surface area contributed by atoms with E-state index in [2.05, 4.69) is 36.7 Å². The monoisotopic (exact) mass is 581 g/mol. The van der Waals surface area contributed by atoms with Gasteiger partial charge < -0.3 is 30.8 Å². The number of anilines is 4. The van der Waals surface area contributed by atoms with E-state index in [0.29, 0.717) is 40.6 Å². The van der Waals surface area contributed by atoms with Crippen molar-refractivity contribution in [3.8, 4) is 0 Å². The Morgan fingerprint density at radius 2 is 1.90 bits per heavy atom. The lowest BCUT2D eigenvalue weighted by Gasteiger charge is -2.22. The summed E-state index contributed by atoms with van der Waals surface area (Å²) < 4.78 is 5.30. The van der Waals surface area contributed by atoms with Crippen LogP contribution in [0.2, 0.25) is 0 Å². The highest BCUT2D eigenvalue weighted by molar-refractivity contribution is 6.35. The molecule has 1 fully saturated rings. The van der Waals surface area contributed by atoms with E-state index in [4.69, 9.17) is 4.52 Å². The number of hydrogen-bond acceptors (Lipinski definition) is 6. The van der Waals surface area contributed by atoms with Gasteiger partial charge in [0.25, 0.3) is 5.91 Å². The van der Waals surface area contributed by atoms with Crippen molar-refractivity contribution in [1.29, 1.82) is 0 Å². The normalized spacial score (nSPS) is 17.4. The molecule has 0 radical (unpaired) electrons. The molecule has 4 heterocycles. The molecule has 1 unspecified atom stereocenters. The molecule has 1 saturated heterocycles. The summed E-state index contributed by atoms with van der Waals surface area (Å²) in [6, 6.07) is 6.42. The van der Waals surface area contributed by atoms with E-state index >= 15 is 0 Å². The highest BCUT2D eigenvalue weighted by atomic mass is 35.5. The Kier molecular flexibility index (Phi) is 8.60. The van der Waals surface area contributed by atoms with Crippen molar-refractivity contribution in [3.05, 3.63) is 52.5 Å². The third kappa shape index (κ3) is 6.47. The molecule has 6 N–H and O–H groups in total. The van der Waals surface area contributed by atoms with Crippen molar-refractivity contribution in [2.45, 2.75) is 52.9 Å². The largest absolute Gasteiger partial charge is 0.359 e. The summed E-state index contributed by atoms with van der Waals surface area (Å²) in [5, 5.41) is 18.5. The second kappa shape index (κ2) is 11.8. The molecular weight excluding hydrogens is 546 g/mol. The molecule has 0 saturated carbocycles. The van der Waals surface area contributed by atoms with Crippen LogP contribution in [0.25, 0.3) is 11.6 Å². The maximum Gasteiger partial charge on any atom is 0.324 e. The molecular formula is C29H36ClN7O4. The molecule has 0 aliphatic carbocycles. The van der Waals surface area contributed by atoms with Gasteiger partial charge in [-0.3, -0.25) is 14.9 Å². The first-order chi connectivity index (χ1) is 19.0. The Morgan fingerprint density at radius 3 is 2.59 bits per heavy atom. The fourth-order valence-electron chi connectivity index (χ4n) is 4.93. The number of amides is 4. The zero-order valence-electron chi connectivity index (χ0n) is 23.8. The number of carbonyl (C=O) groups excluding carboxylic acids is 3. The molecule has 1 aromatic carbocycles. The summed E-state index contributed by atoms with van der Waals surface area (Å²) in [4.78, 5) is 41.5. The number of aromatic nitrogens is 2. The van der Waals surface area contributed by atoms with Gasteiger partial charge in [0.15, 0.2) is 5.82 Å². The van der Waals surface area contributed by atoms with E-state index in [-0.39, 0.29) is 35.6 Å². The number of aryl methyl sites for hydroxylation is 1. The van der Waals surface area contributed by atoms with Gasteiger partial charge in [-0.15, -0.1) is 12.4 Å². The molecule has 1 atom stereocenters. The van der Waals surface area contributed by atoms with Crippen LogP contribution in [0.5, 0.6) is 0 Å². The maximum atomic E-state index is 12.9. The number of carbonyl (C=O) groups is 3. The number of halogens is 1. The van der Waals surface area contributed by atoms with Gasteiger partial charge >= 0.3 is 6.03 Å². The van der Waals surface area contributed by atoms with Gasteiger partial charge in [0, 0.05) is 40.7 Å². The predicted molar refractivity (Wildman–Crippen MR) is 163 cm³/mol. The molecule has 0 spiro atoms. The Hall–Kier alpha value is -4.09.